The Morgan fingerprint density at radius 1 is 1.43 bits per heavy atom. The predicted molar refractivity (Wildman–Crippen MR) is 45.1 cm³/mol. The zero-order valence-electron chi connectivity index (χ0n) is 7.69. The van der Waals surface area contributed by atoms with E-state index in [0.717, 1.165) is 0 Å². The van der Waals surface area contributed by atoms with Gasteiger partial charge in [-0.25, -0.2) is 9.59 Å². The van der Waals surface area contributed by atoms with E-state index in [1.165, 1.54) is 6.92 Å². The van der Waals surface area contributed by atoms with Crippen molar-refractivity contribution in [3.63, 3.8) is 0 Å². The molecule has 76 valence electrons. The van der Waals surface area contributed by atoms with Gasteiger partial charge in [-0.05, 0) is 6.92 Å². The minimum atomic E-state index is -0.993. The van der Waals surface area contributed by atoms with Gasteiger partial charge in [0.15, 0.2) is 6.10 Å². The molecule has 0 spiro atoms. The normalized spacial score (nSPS) is 26.3. The van der Waals surface area contributed by atoms with Crippen molar-refractivity contribution in [1.29, 1.82) is 0 Å². The second kappa shape index (κ2) is 4.63. The fraction of sp³-hybridized carbons (Fsp3) is 0.556. The fourth-order valence-electron chi connectivity index (χ4n) is 0.909. The monoisotopic (exact) mass is 198 g/mol. The number of esters is 2. The number of rotatable bonds is 3. The molecule has 2 atom stereocenters. The van der Waals surface area contributed by atoms with Crippen LogP contribution in [0.4, 0.5) is 0 Å². The van der Waals surface area contributed by atoms with Gasteiger partial charge in [0.05, 0.1) is 6.61 Å². The Hall–Kier alpha value is -1.54. The lowest BCUT2D eigenvalue weighted by Gasteiger charge is -2.24. The highest BCUT2D eigenvalue weighted by molar-refractivity contribution is 5.87. The minimum Gasteiger partial charge on any atom is -0.448 e. The number of carbonyl (C=O) groups excluding carboxylic acids is 2. The van der Waals surface area contributed by atoms with E-state index >= 15 is 0 Å². The molecule has 0 radical (unpaired) electrons. The number of hydrogen-bond acceptors (Lipinski definition) is 5. The van der Waals surface area contributed by atoms with Gasteiger partial charge >= 0.3 is 11.9 Å². The molecule has 5 nitrogen and oxygen atoms in total. The van der Waals surface area contributed by atoms with E-state index in [2.05, 4.69) is 5.92 Å². The maximum Gasteiger partial charge on any atom is 0.350 e. The maximum atomic E-state index is 11.1. The van der Waals surface area contributed by atoms with Gasteiger partial charge in [0, 0.05) is 0 Å². The highest BCUT2D eigenvalue weighted by Gasteiger charge is 2.35. The van der Waals surface area contributed by atoms with Crippen molar-refractivity contribution in [3.05, 3.63) is 0 Å². The lowest BCUT2D eigenvalue weighted by molar-refractivity contribution is -0.197. The fourth-order valence-corrected chi connectivity index (χ4v) is 0.909. The molecule has 0 saturated carbocycles. The second-order valence-electron chi connectivity index (χ2n) is 2.72. The van der Waals surface area contributed by atoms with Crippen molar-refractivity contribution >= 4 is 11.9 Å². The minimum absolute atomic E-state index is 0.0664. The summed E-state index contributed by atoms with van der Waals surface area (Å²) in [5.74, 6) is 1.05. The van der Waals surface area contributed by atoms with Crippen molar-refractivity contribution < 1.29 is 23.8 Å². The summed E-state index contributed by atoms with van der Waals surface area (Å²) in [4.78, 5) is 22.1. The molecule has 0 aromatic carbocycles. The van der Waals surface area contributed by atoms with E-state index in [0.29, 0.717) is 0 Å². The summed E-state index contributed by atoms with van der Waals surface area (Å²) in [6.45, 7) is 1.44. The quantitative estimate of drug-likeness (QED) is 0.347. The highest BCUT2D eigenvalue weighted by atomic mass is 16.7. The van der Waals surface area contributed by atoms with Gasteiger partial charge < -0.3 is 14.2 Å². The zero-order chi connectivity index (χ0) is 10.6. The predicted octanol–water partition coefficient (Wildman–Crippen LogP) is -0.507. The average molecular weight is 198 g/mol. The van der Waals surface area contributed by atoms with Crippen LogP contribution in [0.15, 0.2) is 0 Å². The molecular weight excluding hydrogens is 188 g/mol. The third kappa shape index (κ3) is 2.47. The van der Waals surface area contributed by atoms with Gasteiger partial charge in [-0.2, -0.15) is 0 Å². The van der Waals surface area contributed by atoms with Gasteiger partial charge in [-0.15, -0.1) is 6.42 Å². The van der Waals surface area contributed by atoms with E-state index in [1.54, 1.807) is 0 Å². The van der Waals surface area contributed by atoms with Gasteiger partial charge in [-0.1, -0.05) is 5.92 Å². The second-order valence-corrected chi connectivity index (χ2v) is 2.72. The first-order valence-electron chi connectivity index (χ1n) is 4.07. The molecule has 14 heavy (non-hydrogen) atoms. The summed E-state index contributed by atoms with van der Waals surface area (Å²) in [5.41, 5.74) is 0. The number of hydrogen-bond donors (Lipinski definition) is 0. The summed E-state index contributed by atoms with van der Waals surface area (Å²) < 4.78 is 14.3. The first-order valence-corrected chi connectivity index (χ1v) is 4.07. The molecule has 0 aliphatic carbocycles. The first-order chi connectivity index (χ1) is 6.65. The molecule has 0 bridgehead atoms. The third-order valence-corrected chi connectivity index (χ3v) is 1.60. The first kappa shape index (κ1) is 10.5. The number of terminal acetylenes is 1. The molecule has 0 aromatic heterocycles. The maximum absolute atomic E-state index is 11.1. The van der Waals surface area contributed by atoms with Crippen LogP contribution in [0.1, 0.15) is 6.92 Å². The summed E-state index contributed by atoms with van der Waals surface area (Å²) in [6.07, 6.45) is 3.09. The van der Waals surface area contributed by atoms with Crippen molar-refractivity contribution in [2.24, 2.45) is 0 Å². The average Bonchev–Trinajstić information content (AvgIpc) is 2.14. The Morgan fingerprint density at radius 3 is 2.79 bits per heavy atom. The van der Waals surface area contributed by atoms with Crippen LogP contribution in [0.2, 0.25) is 0 Å². The zero-order valence-corrected chi connectivity index (χ0v) is 7.69. The van der Waals surface area contributed by atoms with E-state index in [-0.39, 0.29) is 13.2 Å². The topological polar surface area (TPSA) is 61.8 Å². The van der Waals surface area contributed by atoms with E-state index in [1.807, 2.05) is 0 Å². The molecule has 0 amide bonds. The number of carbonyl (C=O) groups is 2. The van der Waals surface area contributed by atoms with Crippen molar-refractivity contribution in [1.82, 2.24) is 0 Å². The molecular formula is C9H10O5. The van der Waals surface area contributed by atoms with Crippen LogP contribution in [-0.2, 0) is 23.8 Å². The Bertz CT molecular complexity index is 277. The lowest BCUT2D eigenvalue weighted by Crippen LogP contribution is -2.44. The van der Waals surface area contributed by atoms with Crippen LogP contribution >= 0.6 is 0 Å². The standard InChI is InChI=1S/C9H10O5/c1-3-4-12-5-7-9(11)13-6(2)8(10)14-7/h1,6-7H,4-5H2,2H3/t6-,7+/m1/s1. The molecule has 1 rings (SSSR count). The number of cyclic esters (lactones) is 2. The highest BCUT2D eigenvalue weighted by Crippen LogP contribution is 2.10. The third-order valence-electron chi connectivity index (χ3n) is 1.60. The Labute approximate surface area is 81.3 Å². The van der Waals surface area contributed by atoms with Crippen LogP contribution < -0.4 is 0 Å². The van der Waals surface area contributed by atoms with Gasteiger partial charge in [0.2, 0.25) is 6.10 Å². The lowest BCUT2D eigenvalue weighted by atomic mass is 10.3. The van der Waals surface area contributed by atoms with Crippen LogP contribution in [0.3, 0.4) is 0 Å². The molecule has 0 unspecified atom stereocenters. The molecule has 1 heterocycles. The van der Waals surface area contributed by atoms with Crippen LogP contribution in [0.25, 0.3) is 0 Å². The van der Waals surface area contributed by atoms with Crippen LogP contribution in [-0.4, -0.2) is 37.4 Å². The molecule has 0 N–H and O–H groups in total. The smallest absolute Gasteiger partial charge is 0.350 e. The van der Waals surface area contributed by atoms with Crippen molar-refractivity contribution in [3.8, 4) is 12.3 Å². The summed E-state index contributed by atoms with van der Waals surface area (Å²) in [6, 6.07) is 0. The van der Waals surface area contributed by atoms with Gasteiger partial charge in [-0.3, -0.25) is 0 Å². The Morgan fingerprint density at radius 2 is 2.14 bits per heavy atom. The molecule has 1 aliphatic rings. The SMILES string of the molecule is C#CCOC[C@@H]1OC(=O)[C@@H](C)OC1=O. The summed E-state index contributed by atoms with van der Waals surface area (Å²) >= 11 is 0. The van der Waals surface area contributed by atoms with Gasteiger partial charge in [0.25, 0.3) is 0 Å². The Balaban J connectivity index is 2.42. The number of ether oxygens (including phenoxy) is 3. The largest absolute Gasteiger partial charge is 0.448 e. The molecule has 1 saturated heterocycles. The molecule has 5 heteroatoms. The van der Waals surface area contributed by atoms with Crippen LogP contribution in [0, 0.1) is 12.3 Å². The van der Waals surface area contributed by atoms with Gasteiger partial charge in [0.1, 0.15) is 6.61 Å². The summed E-state index contributed by atoms with van der Waals surface area (Å²) in [5, 5.41) is 0. The van der Waals surface area contributed by atoms with E-state index < -0.39 is 24.1 Å². The molecule has 0 aromatic rings. The van der Waals surface area contributed by atoms with E-state index in [4.69, 9.17) is 20.6 Å². The summed E-state index contributed by atoms with van der Waals surface area (Å²) in [7, 11) is 0. The molecule has 1 aliphatic heterocycles. The molecule has 1 fully saturated rings. The van der Waals surface area contributed by atoms with E-state index in [9.17, 15) is 9.59 Å². The van der Waals surface area contributed by atoms with Crippen LogP contribution in [0.5, 0.6) is 0 Å². The van der Waals surface area contributed by atoms with Crippen molar-refractivity contribution in [2.75, 3.05) is 13.2 Å². The van der Waals surface area contributed by atoms with Crippen molar-refractivity contribution in [2.45, 2.75) is 19.1 Å². The Kier molecular flexibility index (Phi) is 3.48.